The second kappa shape index (κ2) is 5.81. The number of likely N-dealkylation sites (tertiary alicyclic amines) is 1. The number of fused-ring (bicyclic) bond motifs is 1. The standard InChI is InChI=1S/C19H21N5O/c25-19-14-4-1-2-5-15(14)21-18(22-19)16-6-3-9-24(16)11-13-10-20-23-17(13)12-7-8-12/h1-2,4-5,10,12,16H,3,6-9,11H2,(H,20,23)(H,21,22,25). The van der Waals surface area contributed by atoms with Crippen molar-refractivity contribution in [2.45, 2.75) is 44.2 Å². The number of nitrogens with one attached hydrogen (secondary N) is 2. The summed E-state index contributed by atoms with van der Waals surface area (Å²) in [6.45, 7) is 1.89. The molecule has 1 aliphatic carbocycles. The van der Waals surface area contributed by atoms with Gasteiger partial charge in [0.05, 0.1) is 23.1 Å². The molecule has 5 rings (SSSR count). The number of para-hydroxylation sites is 1. The van der Waals surface area contributed by atoms with Crippen molar-refractivity contribution in [3.05, 3.63) is 57.9 Å². The third kappa shape index (κ3) is 2.66. The number of rotatable bonds is 4. The smallest absolute Gasteiger partial charge is 0.258 e. The van der Waals surface area contributed by atoms with E-state index in [4.69, 9.17) is 4.98 Å². The Labute approximate surface area is 145 Å². The van der Waals surface area contributed by atoms with E-state index in [0.717, 1.165) is 37.3 Å². The fourth-order valence-corrected chi connectivity index (χ4v) is 3.98. The second-order valence-electron chi connectivity index (χ2n) is 7.18. The second-order valence-corrected chi connectivity index (χ2v) is 7.18. The summed E-state index contributed by atoms with van der Waals surface area (Å²) < 4.78 is 0. The van der Waals surface area contributed by atoms with Crippen molar-refractivity contribution in [1.29, 1.82) is 0 Å². The quantitative estimate of drug-likeness (QED) is 0.768. The monoisotopic (exact) mass is 335 g/mol. The number of hydrogen-bond donors (Lipinski definition) is 2. The van der Waals surface area contributed by atoms with Gasteiger partial charge in [0.15, 0.2) is 0 Å². The Kier molecular flexibility index (Phi) is 3.45. The van der Waals surface area contributed by atoms with Crippen LogP contribution in [0.15, 0.2) is 35.3 Å². The molecule has 0 radical (unpaired) electrons. The molecule has 3 heterocycles. The van der Waals surface area contributed by atoms with Crippen LogP contribution in [0.25, 0.3) is 10.9 Å². The van der Waals surface area contributed by atoms with E-state index in [2.05, 4.69) is 20.1 Å². The van der Waals surface area contributed by atoms with Gasteiger partial charge >= 0.3 is 0 Å². The summed E-state index contributed by atoms with van der Waals surface area (Å²) >= 11 is 0. The average molecular weight is 335 g/mol. The summed E-state index contributed by atoms with van der Waals surface area (Å²) in [7, 11) is 0. The number of hydrogen-bond acceptors (Lipinski definition) is 4. The molecule has 2 fully saturated rings. The lowest BCUT2D eigenvalue weighted by atomic mass is 10.1. The van der Waals surface area contributed by atoms with Crippen LogP contribution in [0.1, 0.15) is 54.7 Å². The maximum atomic E-state index is 12.4. The Hall–Kier alpha value is -2.47. The van der Waals surface area contributed by atoms with E-state index in [1.807, 2.05) is 30.5 Å². The first-order chi connectivity index (χ1) is 12.3. The number of aromatic nitrogens is 4. The summed E-state index contributed by atoms with van der Waals surface area (Å²) in [6, 6.07) is 7.70. The maximum Gasteiger partial charge on any atom is 0.258 e. The Morgan fingerprint density at radius 3 is 2.96 bits per heavy atom. The molecular weight excluding hydrogens is 314 g/mol. The summed E-state index contributed by atoms with van der Waals surface area (Å²) in [5, 5.41) is 8.09. The van der Waals surface area contributed by atoms with Gasteiger partial charge in [-0.05, 0) is 44.4 Å². The zero-order valence-electron chi connectivity index (χ0n) is 14.0. The highest BCUT2D eigenvalue weighted by Gasteiger charge is 2.32. The van der Waals surface area contributed by atoms with Gasteiger partial charge in [0.25, 0.3) is 5.56 Å². The Balaban J connectivity index is 1.46. The zero-order chi connectivity index (χ0) is 16.8. The molecule has 2 aromatic heterocycles. The SMILES string of the molecule is O=c1[nH]c(C2CCCN2Cc2cn[nH]c2C2CC2)nc2ccccc12. The highest BCUT2D eigenvalue weighted by Crippen LogP contribution is 2.41. The van der Waals surface area contributed by atoms with Crippen LogP contribution < -0.4 is 5.56 Å². The van der Waals surface area contributed by atoms with E-state index in [1.54, 1.807) is 0 Å². The number of H-pyrrole nitrogens is 2. The van der Waals surface area contributed by atoms with Gasteiger partial charge in [-0.3, -0.25) is 14.8 Å². The van der Waals surface area contributed by atoms with Crippen molar-refractivity contribution in [2.75, 3.05) is 6.54 Å². The van der Waals surface area contributed by atoms with E-state index in [-0.39, 0.29) is 11.6 Å². The minimum atomic E-state index is -0.0468. The molecular formula is C19H21N5O. The van der Waals surface area contributed by atoms with Crippen molar-refractivity contribution >= 4 is 10.9 Å². The van der Waals surface area contributed by atoms with Crippen LogP contribution in [0, 0.1) is 0 Å². The molecule has 1 unspecified atom stereocenters. The summed E-state index contributed by atoms with van der Waals surface area (Å²) in [5.41, 5.74) is 3.31. The largest absolute Gasteiger partial charge is 0.309 e. The lowest BCUT2D eigenvalue weighted by Crippen LogP contribution is -2.26. The van der Waals surface area contributed by atoms with Crippen molar-refractivity contribution in [3.8, 4) is 0 Å². The van der Waals surface area contributed by atoms with Gasteiger partial charge in [-0.25, -0.2) is 4.98 Å². The minimum absolute atomic E-state index is 0.0468. The van der Waals surface area contributed by atoms with E-state index in [0.29, 0.717) is 11.3 Å². The molecule has 2 aliphatic rings. The molecule has 1 saturated heterocycles. The molecule has 1 aromatic carbocycles. The van der Waals surface area contributed by atoms with Crippen LogP contribution in [0.4, 0.5) is 0 Å². The minimum Gasteiger partial charge on any atom is -0.309 e. The summed E-state index contributed by atoms with van der Waals surface area (Å²) in [6.07, 6.45) is 6.63. The first-order valence-corrected chi connectivity index (χ1v) is 9.05. The summed E-state index contributed by atoms with van der Waals surface area (Å²) in [4.78, 5) is 22.6. The molecule has 0 spiro atoms. The Bertz CT molecular complexity index is 971. The maximum absolute atomic E-state index is 12.4. The van der Waals surface area contributed by atoms with Gasteiger partial charge < -0.3 is 4.98 Å². The van der Waals surface area contributed by atoms with Crippen molar-refractivity contribution in [3.63, 3.8) is 0 Å². The Morgan fingerprint density at radius 2 is 2.08 bits per heavy atom. The van der Waals surface area contributed by atoms with Gasteiger partial charge in [-0.15, -0.1) is 0 Å². The first kappa shape index (κ1) is 14.8. The zero-order valence-corrected chi connectivity index (χ0v) is 14.0. The predicted octanol–water partition coefficient (Wildman–Crippen LogP) is 2.86. The third-order valence-electron chi connectivity index (χ3n) is 5.42. The fourth-order valence-electron chi connectivity index (χ4n) is 3.98. The lowest BCUT2D eigenvalue weighted by Gasteiger charge is -2.23. The number of nitrogens with zero attached hydrogens (tertiary/aromatic N) is 3. The van der Waals surface area contributed by atoms with E-state index in [1.165, 1.54) is 24.1 Å². The molecule has 3 aromatic rings. The molecule has 0 bridgehead atoms. The number of aromatic amines is 2. The van der Waals surface area contributed by atoms with E-state index >= 15 is 0 Å². The van der Waals surface area contributed by atoms with Crippen molar-refractivity contribution in [1.82, 2.24) is 25.1 Å². The highest BCUT2D eigenvalue weighted by molar-refractivity contribution is 5.77. The van der Waals surface area contributed by atoms with Crippen molar-refractivity contribution in [2.24, 2.45) is 0 Å². The van der Waals surface area contributed by atoms with Crippen LogP contribution in [-0.2, 0) is 6.54 Å². The molecule has 0 amide bonds. The van der Waals surface area contributed by atoms with Crippen LogP contribution >= 0.6 is 0 Å². The molecule has 1 aliphatic heterocycles. The van der Waals surface area contributed by atoms with Gasteiger partial charge in [0.2, 0.25) is 0 Å². The third-order valence-corrected chi connectivity index (χ3v) is 5.42. The van der Waals surface area contributed by atoms with Crippen LogP contribution in [0.3, 0.4) is 0 Å². The van der Waals surface area contributed by atoms with Gasteiger partial charge in [-0.2, -0.15) is 5.10 Å². The van der Waals surface area contributed by atoms with Gasteiger partial charge in [-0.1, -0.05) is 12.1 Å². The fraction of sp³-hybridized carbons (Fsp3) is 0.421. The lowest BCUT2D eigenvalue weighted by molar-refractivity contribution is 0.239. The molecule has 128 valence electrons. The highest BCUT2D eigenvalue weighted by atomic mass is 16.1. The van der Waals surface area contributed by atoms with Crippen LogP contribution in [0.5, 0.6) is 0 Å². The van der Waals surface area contributed by atoms with Crippen LogP contribution in [-0.4, -0.2) is 31.6 Å². The van der Waals surface area contributed by atoms with Gasteiger partial charge in [0, 0.05) is 23.7 Å². The summed E-state index contributed by atoms with van der Waals surface area (Å²) in [5.74, 6) is 1.45. The molecule has 2 N–H and O–H groups in total. The average Bonchev–Trinajstić information content (AvgIpc) is 3.18. The first-order valence-electron chi connectivity index (χ1n) is 9.05. The Morgan fingerprint density at radius 1 is 1.20 bits per heavy atom. The molecule has 6 nitrogen and oxygen atoms in total. The van der Waals surface area contributed by atoms with Crippen LogP contribution in [0.2, 0.25) is 0 Å². The molecule has 25 heavy (non-hydrogen) atoms. The number of benzene rings is 1. The van der Waals surface area contributed by atoms with E-state index in [9.17, 15) is 4.79 Å². The molecule has 1 saturated carbocycles. The molecule has 6 heteroatoms. The van der Waals surface area contributed by atoms with E-state index < -0.39 is 0 Å². The normalized spacial score (nSPS) is 21.2. The molecule has 1 atom stereocenters. The van der Waals surface area contributed by atoms with Gasteiger partial charge in [0.1, 0.15) is 5.82 Å². The predicted molar refractivity (Wildman–Crippen MR) is 95.3 cm³/mol. The van der Waals surface area contributed by atoms with Crippen molar-refractivity contribution < 1.29 is 0 Å². The topological polar surface area (TPSA) is 77.7 Å².